The molecule has 0 atom stereocenters. The maximum absolute atomic E-state index is 12.3. The van der Waals surface area contributed by atoms with Crippen molar-refractivity contribution < 1.29 is 24.2 Å². The smallest absolute Gasteiger partial charge is 0.335 e. The van der Waals surface area contributed by atoms with E-state index in [9.17, 15) is 9.59 Å². The Hall–Kier alpha value is -3.02. The van der Waals surface area contributed by atoms with Gasteiger partial charge in [0.15, 0.2) is 0 Å². The molecule has 25 heavy (non-hydrogen) atoms. The number of carbonyl (C=O) groups excluding carboxylic acids is 1. The lowest BCUT2D eigenvalue weighted by molar-refractivity contribution is -0.115. The highest BCUT2D eigenvalue weighted by molar-refractivity contribution is 5.96. The van der Waals surface area contributed by atoms with Gasteiger partial charge in [-0.2, -0.15) is 0 Å². The second kappa shape index (κ2) is 8.19. The first-order chi connectivity index (χ1) is 11.9. The van der Waals surface area contributed by atoms with Crippen molar-refractivity contribution in [2.45, 2.75) is 26.4 Å². The Balaban J connectivity index is 2.19. The molecule has 2 N–H and O–H groups in total. The number of methoxy groups -OCH3 is 1. The highest BCUT2D eigenvalue weighted by atomic mass is 16.5. The van der Waals surface area contributed by atoms with Crippen molar-refractivity contribution in [3.63, 3.8) is 0 Å². The Kier molecular flexibility index (Phi) is 6.00. The molecule has 0 saturated carbocycles. The lowest BCUT2D eigenvalue weighted by Gasteiger charge is -2.15. The number of amides is 1. The monoisotopic (exact) mass is 343 g/mol. The molecule has 132 valence electrons. The van der Waals surface area contributed by atoms with Crippen LogP contribution >= 0.6 is 0 Å². The summed E-state index contributed by atoms with van der Waals surface area (Å²) in [4.78, 5) is 23.5. The summed E-state index contributed by atoms with van der Waals surface area (Å²) in [5, 5.41) is 11.9. The van der Waals surface area contributed by atoms with E-state index in [-0.39, 0.29) is 24.0 Å². The average Bonchev–Trinajstić information content (AvgIpc) is 2.55. The maximum atomic E-state index is 12.3. The van der Waals surface area contributed by atoms with Crippen molar-refractivity contribution in [2.75, 3.05) is 12.4 Å². The molecule has 2 aromatic rings. The number of benzene rings is 2. The van der Waals surface area contributed by atoms with E-state index in [4.69, 9.17) is 14.6 Å². The normalized spacial score (nSPS) is 10.4. The fraction of sp³-hybridized carbons (Fsp3) is 0.263. The van der Waals surface area contributed by atoms with Gasteiger partial charge >= 0.3 is 5.97 Å². The van der Waals surface area contributed by atoms with E-state index < -0.39 is 5.97 Å². The zero-order valence-corrected chi connectivity index (χ0v) is 14.4. The van der Waals surface area contributed by atoms with E-state index in [0.29, 0.717) is 17.2 Å². The number of aromatic carboxylic acids is 1. The molecule has 0 aliphatic heterocycles. The van der Waals surface area contributed by atoms with E-state index >= 15 is 0 Å². The third kappa shape index (κ3) is 5.24. The molecule has 0 radical (unpaired) electrons. The average molecular weight is 343 g/mol. The van der Waals surface area contributed by atoms with E-state index in [0.717, 1.165) is 5.56 Å². The summed E-state index contributed by atoms with van der Waals surface area (Å²) in [5.74, 6) is -0.246. The SMILES string of the molecule is COc1cccc(CC(=O)Nc2cc(C(=O)O)ccc2OC(C)C)c1. The van der Waals surface area contributed by atoms with Crippen LogP contribution in [0.5, 0.6) is 11.5 Å². The van der Waals surface area contributed by atoms with Gasteiger partial charge in [0.2, 0.25) is 5.91 Å². The summed E-state index contributed by atoms with van der Waals surface area (Å²) >= 11 is 0. The minimum absolute atomic E-state index is 0.0767. The molecule has 0 fully saturated rings. The molecule has 2 rings (SSSR count). The van der Waals surface area contributed by atoms with Crippen molar-refractivity contribution in [1.29, 1.82) is 0 Å². The number of hydrogen-bond acceptors (Lipinski definition) is 4. The van der Waals surface area contributed by atoms with Crippen molar-refractivity contribution in [1.82, 2.24) is 0 Å². The van der Waals surface area contributed by atoms with E-state index in [1.165, 1.54) is 12.1 Å². The second-order valence-corrected chi connectivity index (χ2v) is 5.76. The van der Waals surface area contributed by atoms with E-state index in [1.807, 2.05) is 19.9 Å². The predicted molar refractivity (Wildman–Crippen MR) is 94.5 cm³/mol. The molecule has 0 unspecified atom stereocenters. The summed E-state index contributed by atoms with van der Waals surface area (Å²) in [6.07, 6.45) is 0.0278. The Morgan fingerprint density at radius 3 is 2.56 bits per heavy atom. The van der Waals surface area contributed by atoms with Gasteiger partial charge in [-0.25, -0.2) is 4.79 Å². The van der Waals surface area contributed by atoms with Crippen molar-refractivity contribution in [3.8, 4) is 11.5 Å². The standard InChI is InChI=1S/C19H21NO5/c1-12(2)25-17-8-7-14(19(22)23)11-16(17)20-18(21)10-13-5-4-6-15(9-13)24-3/h4-9,11-12H,10H2,1-3H3,(H,20,21)(H,22,23). The number of carboxylic acids is 1. The van der Waals surface area contributed by atoms with Gasteiger partial charge in [-0.1, -0.05) is 12.1 Å². The number of hydrogen-bond donors (Lipinski definition) is 2. The zero-order valence-electron chi connectivity index (χ0n) is 14.4. The molecule has 6 nitrogen and oxygen atoms in total. The van der Waals surface area contributed by atoms with Crippen molar-refractivity contribution in [2.24, 2.45) is 0 Å². The number of rotatable bonds is 7. The van der Waals surface area contributed by atoms with Crippen LogP contribution in [0.3, 0.4) is 0 Å². The van der Waals surface area contributed by atoms with Gasteiger partial charge in [-0.05, 0) is 49.7 Å². The lowest BCUT2D eigenvalue weighted by atomic mass is 10.1. The van der Waals surface area contributed by atoms with Gasteiger partial charge in [0, 0.05) is 0 Å². The molecule has 2 aromatic carbocycles. The number of anilines is 1. The summed E-state index contributed by atoms with van der Waals surface area (Å²) < 4.78 is 10.8. The first-order valence-electron chi connectivity index (χ1n) is 7.86. The fourth-order valence-electron chi connectivity index (χ4n) is 2.28. The van der Waals surface area contributed by atoms with Crippen LogP contribution in [0, 0.1) is 0 Å². The van der Waals surface area contributed by atoms with Crippen molar-refractivity contribution in [3.05, 3.63) is 53.6 Å². The highest BCUT2D eigenvalue weighted by Gasteiger charge is 2.14. The van der Waals surface area contributed by atoms with Crippen LogP contribution in [-0.4, -0.2) is 30.2 Å². The molecule has 1 amide bonds. The van der Waals surface area contributed by atoms with Crippen LogP contribution in [0.2, 0.25) is 0 Å². The Morgan fingerprint density at radius 1 is 1.16 bits per heavy atom. The molecule has 0 aliphatic carbocycles. The van der Waals surface area contributed by atoms with Gasteiger partial charge in [0.25, 0.3) is 0 Å². The van der Waals surface area contributed by atoms with Gasteiger partial charge in [-0.15, -0.1) is 0 Å². The predicted octanol–water partition coefficient (Wildman–Crippen LogP) is 3.36. The summed E-state index contributed by atoms with van der Waals surface area (Å²) in [5.41, 5.74) is 1.20. The molecule has 0 aromatic heterocycles. The van der Waals surface area contributed by atoms with E-state index in [1.54, 1.807) is 31.4 Å². The molecule has 6 heteroatoms. The Morgan fingerprint density at radius 2 is 1.92 bits per heavy atom. The third-order valence-corrected chi connectivity index (χ3v) is 3.36. The quantitative estimate of drug-likeness (QED) is 0.805. The van der Waals surface area contributed by atoms with Gasteiger partial charge < -0.3 is 19.9 Å². The Bertz CT molecular complexity index is 770. The molecule has 0 saturated heterocycles. The highest BCUT2D eigenvalue weighted by Crippen LogP contribution is 2.27. The second-order valence-electron chi connectivity index (χ2n) is 5.76. The Labute approximate surface area is 146 Å². The minimum atomic E-state index is -1.07. The first kappa shape index (κ1) is 18.3. The van der Waals surface area contributed by atoms with Gasteiger partial charge in [-0.3, -0.25) is 4.79 Å². The fourth-order valence-corrected chi connectivity index (χ4v) is 2.28. The zero-order chi connectivity index (χ0) is 18.4. The molecule has 0 bridgehead atoms. The largest absolute Gasteiger partial charge is 0.497 e. The molecule has 0 aliphatic rings. The topological polar surface area (TPSA) is 84.9 Å². The molecular formula is C19H21NO5. The number of carbonyl (C=O) groups is 2. The number of ether oxygens (including phenoxy) is 2. The van der Waals surface area contributed by atoms with Crippen LogP contribution < -0.4 is 14.8 Å². The lowest BCUT2D eigenvalue weighted by Crippen LogP contribution is -2.17. The number of carboxylic acid groups (broad SMARTS) is 1. The summed E-state index contributed by atoms with van der Waals surface area (Å²) in [6, 6.07) is 11.6. The number of nitrogens with one attached hydrogen (secondary N) is 1. The summed E-state index contributed by atoms with van der Waals surface area (Å²) in [6.45, 7) is 3.71. The third-order valence-electron chi connectivity index (χ3n) is 3.36. The van der Waals surface area contributed by atoms with Crippen LogP contribution in [-0.2, 0) is 11.2 Å². The van der Waals surface area contributed by atoms with Crippen LogP contribution in [0.4, 0.5) is 5.69 Å². The van der Waals surface area contributed by atoms with Crippen LogP contribution in [0.25, 0.3) is 0 Å². The first-order valence-corrected chi connectivity index (χ1v) is 7.86. The molecule has 0 spiro atoms. The minimum Gasteiger partial charge on any atom is -0.497 e. The van der Waals surface area contributed by atoms with Crippen LogP contribution in [0.15, 0.2) is 42.5 Å². The van der Waals surface area contributed by atoms with Crippen LogP contribution in [0.1, 0.15) is 29.8 Å². The van der Waals surface area contributed by atoms with E-state index in [2.05, 4.69) is 5.32 Å². The van der Waals surface area contributed by atoms with Gasteiger partial charge in [0.1, 0.15) is 11.5 Å². The maximum Gasteiger partial charge on any atom is 0.335 e. The molecule has 0 heterocycles. The van der Waals surface area contributed by atoms with Gasteiger partial charge in [0.05, 0.1) is 30.9 Å². The molecular weight excluding hydrogens is 322 g/mol. The summed E-state index contributed by atoms with van der Waals surface area (Å²) in [7, 11) is 1.56. The van der Waals surface area contributed by atoms with Crippen molar-refractivity contribution >= 4 is 17.6 Å².